The molecule has 2 heterocycles. The lowest BCUT2D eigenvalue weighted by atomic mass is 10.0. The first kappa shape index (κ1) is 27.8. The maximum Gasteiger partial charge on any atom is 0.292 e. The number of hydrogen-bond acceptors (Lipinski definition) is 7. The van der Waals surface area contributed by atoms with Crippen LogP contribution in [0.4, 0.5) is 20.4 Å². The van der Waals surface area contributed by atoms with Gasteiger partial charge in [0, 0.05) is 36.5 Å². The summed E-state index contributed by atoms with van der Waals surface area (Å²) in [6.45, 7) is 10.6. The molecule has 1 atom stereocenters. The molecule has 0 spiro atoms. The molecule has 2 aromatic carbocycles. The van der Waals surface area contributed by atoms with Crippen molar-refractivity contribution in [2.45, 2.75) is 33.7 Å². The highest BCUT2D eigenvalue weighted by atomic mass is 19.1. The Morgan fingerprint density at radius 2 is 1.66 bits per heavy atom. The Morgan fingerprint density at radius 3 is 2.23 bits per heavy atom. The molecule has 1 saturated heterocycles. The summed E-state index contributed by atoms with van der Waals surface area (Å²) in [6, 6.07) is 8.16. The van der Waals surface area contributed by atoms with Crippen LogP contribution in [0.15, 0.2) is 45.6 Å². The van der Waals surface area contributed by atoms with Gasteiger partial charge in [-0.05, 0) is 37.6 Å². The fourth-order valence-corrected chi connectivity index (χ4v) is 3.65. The summed E-state index contributed by atoms with van der Waals surface area (Å²) in [5.74, 6) is -0.815. The second kappa shape index (κ2) is 13.4. The van der Waals surface area contributed by atoms with Gasteiger partial charge in [0.25, 0.3) is 6.47 Å². The fraction of sp³-hybridized carbons (Fsp3) is 0.385. The van der Waals surface area contributed by atoms with Gasteiger partial charge in [-0.1, -0.05) is 19.9 Å². The molecule has 0 bridgehead atoms. The van der Waals surface area contributed by atoms with Gasteiger partial charge in [-0.3, -0.25) is 9.59 Å². The molecule has 0 aliphatic carbocycles. The molecule has 9 heteroatoms. The van der Waals surface area contributed by atoms with Gasteiger partial charge in [0.1, 0.15) is 17.2 Å². The SMILES string of the molecule is CC.COC=O.Cc1cc(C(C)Nc2cc(F)cc(F)c2)c2oc(N3CCOCC3)cc(=O)c2c1. The molecule has 0 saturated carbocycles. The van der Waals surface area contributed by atoms with Gasteiger partial charge in [0.15, 0.2) is 11.3 Å². The number of carbonyl (C=O) groups is 1. The molecule has 1 aliphatic rings. The zero-order chi connectivity index (χ0) is 26.0. The largest absolute Gasteiger partial charge is 0.471 e. The Balaban J connectivity index is 0.000000655. The lowest BCUT2D eigenvalue weighted by Crippen LogP contribution is -2.36. The van der Waals surface area contributed by atoms with Crippen molar-refractivity contribution in [3.05, 3.63) is 69.4 Å². The van der Waals surface area contributed by atoms with Crippen LogP contribution in [0.5, 0.6) is 0 Å². The van der Waals surface area contributed by atoms with Crippen molar-refractivity contribution < 1.29 is 27.5 Å². The smallest absolute Gasteiger partial charge is 0.292 e. The van der Waals surface area contributed by atoms with E-state index in [0.29, 0.717) is 55.3 Å². The highest BCUT2D eigenvalue weighted by Crippen LogP contribution is 2.30. The summed E-state index contributed by atoms with van der Waals surface area (Å²) in [4.78, 5) is 23.7. The minimum absolute atomic E-state index is 0.123. The summed E-state index contributed by atoms with van der Waals surface area (Å²) < 4.78 is 42.5. The van der Waals surface area contributed by atoms with Crippen molar-refractivity contribution in [3.63, 3.8) is 0 Å². The summed E-state index contributed by atoms with van der Waals surface area (Å²) in [6.07, 6.45) is 0. The van der Waals surface area contributed by atoms with E-state index < -0.39 is 11.6 Å². The lowest BCUT2D eigenvalue weighted by Gasteiger charge is -2.27. The van der Waals surface area contributed by atoms with Gasteiger partial charge in [-0.15, -0.1) is 0 Å². The van der Waals surface area contributed by atoms with Crippen LogP contribution in [0.25, 0.3) is 11.0 Å². The number of benzene rings is 2. The lowest BCUT2D eigenvalue weighted by molar-refractivity contribution is -0.126. The molecule has 35 heavy (non-hydrogen) atoms. The van der Waals surface area contributed by atoms with Gasteiger partial charge in [-0.25, -0.2) is 8.78 Å². The van der Waals surface area contributed by atoms with Crippen molar-refractivity contribution in [2.75, 3.05) is 43.6 Å². The third-order valence-corrected chi connectivity index (χ3v) is 5.12. The highest BCUT2D eigenvalue weighted by molar-refractivity contribution is 5.82. The Morgan fingerprint density at radius 1 is 1.06 bits per heavy atom. The maximum atomic E-state index is 13.6. The van der Waals surface area contributed by atoms with Crippen LogP contribution in [0.2, 0.25) is 0 Å². The van der Waals surface area contributed by atoms with Crippen LogP contribution in [-0.2, 0) is 14.3 Å². The Hall–Kier alpha value is -3.46. The van der Waals surface area contributed by atoms with Crippen molar-refractivity contribution in [2.24, 2.45) is 0 Å². The van der Waals surface area contributed by atoms with Gasteiger partial charge in [0.05, 0.1) is 31.8 Å². The Labute approximate surface area is 203 Å². The molecule has 1 aromatic heterocycles. The molecule has 1 fully saturated rings. The Bertz CT molecular complexity index is 1160. The van der Waals surface area contributed by atoms with Crippen LogP contribution < -0.4 is 15.6 Å². The summed E-state index contributed by atoms with van der Waals surface area (Å²) >= 11 is 0. The second-order valence-electron chi connectivity index (χ2n) is 7.64. The normalized spacial score (nSPS) is 13.6. The molecular formula is C26H32F2N2O5. The van der Waals surface area contributed by atoms with E-state index in [-0.39, 0.29) is 11.5 Å². The van der Waals surface area contributed by atoms with E-state index in [1.54, 1.807) is 6.07 Å². The predicted molar refractivity (Wildman–Crippen MR) is 133 cm³/mol. The van der Waals surface area contributed by atoms with Crippen molar-refractivity contribution >= 4 is 29.0 Å². The molecule has 1 N–H and O–H groups in total. The number of nitrogens with zero attached hydrogens (tertiary/aromatic N) is 1. The monoisotopic (exact) mass is 490 g/mol. The van der Waals surface area contributed by atoms with E-state index in [4.69, 9.17) is 13.9 Å². The number of nitrogens with one attached hydrogen (secondary N) is 1. The van der Waals surface area contributed by atoms with Crippen LogP contribution in [0, 0.1) is 18.6 Å². The molecule has 1 aliphatic heterocycles. The molecule has 0 radical (unpaired) electrons. The number of ether oxygens (including phenoxy) is 2. The molecule has 4 rings (SSSR count). The number of hydrogen-bond donors (Lipinski definition) is 1. The summed E-state index contributed by atoms with van der Waals surface area (Å²) in [5.41, 5.74) is 2.31. The standard InChI is InChI=1S/C22H22F2N2O3.C2H4O2.C2H6/c1-13-7-18(14(2)25-17-10-15(23)9-16(24)11-17)22-19(8-13)20(27)12-21(29-22)26-3-5-28-6-4-26;1-4-2-3;1-2/h7-12,14,25H,3-6H2,1-2H3;2H,1H3;1-2H3. The quantitative estimate of drug-likeness (QED) is 0.492. The average Bonchev–Trinajstić information content (AvgIpc) is 2.85. The van der Waals surface area contributed by atoms with E-state index in [0.717, 1.165) is 17.2 Å². The van der Waals surface area contributed by atoms with Crippen LogP contribution in [0.1, 0.15) is 37.9 Å². The second-order valence-corrected chi connectivity index (χ2v) is 7.64. The first-order chi connectivity index (χ1) is 16.8. The number of rotatable bonds is 5. The number of anilines is 2. The molecular weight excluding hydrogens is 458 g/mol. The number of halogens is 2. The summed E-state index contributed by atoms with van der Waals surface area (Å²) in [7, 11) is 1.31. The van der Waals surface area contributed by atoms with Crippen molar-refractivity contribution in [1.82, 2.24) is 0 Å². The zero-order valence-corrected chi connectivity index (χ0v) is 20.7. The highest BCUT2D eigenvalue weighted by Gasteiger charge is 2.19. The number of methoxy groups -OCH3 is 1. The third kappa shape index (κ3) is 7.51. The molecule has 3 aromatic rings. The zero-order valence-electron chi connectivity index (χ0n) is 20.7. The van der Waals surface area contributed by atoms with E-state index in [2.05, 4.69) is 10.1 Å². The number of carbonyl (C=O) groups excluding carboxylic acids is 1. The predicted octanol–water partition coefficient (Wildman–Crippen LogP) is 5.20. The van der Waals surface area contributed by atoms with Gasteiger partial charge < -0.3 is 24.1 Å². The van der Waals surface area contributed by atoms with E-state index in [9.17, 15) is 13.6 Å². The van der Waals surface area contributed by atoms with Crippen molar-refractivity contribution in [3.8, 4) is 0 Å². The first-order valence-electron chi connectivity index (χ1n) is 11.4. The Kier molecular flexibility index (Phi) is 10.7. The molecule has 0 amide bonds. The maximum absolute atomic E-state index is 13.6. The third-order valence-electron chi connectivity index (χ3n) is 5.12. The van der Waals surface area contributed by atoms with Gasteiger partial charge in [0.2, 0.25) is 0 Å². The van der Waals surface area contributed by atoms with Crippen LogP contribution in [0.3, 0.4) is 0 Å². The topological polar surface area (TPSA) is 81.0 Å². The average molecular weight is 491 g/mol. The van der Waals surface area contributed by atoms with E-state index in [1.807, 2.05) is 38.7 Å². The molecule has 7 nitrogen and oxygen atoms in total. The number of fused-ring (bicyclic) bond motifs is 1. The number of aryl methyl sites for hydroxylation is 1. The number of morpholine rings is 1. The van der Waals surface area contributed by atoms with Crippen LogP contribution >= 0.6 is 0 Å². The fourth-order valence-electron chi connectivity index (χ4n) is 3.65. The molecule has 1 unspecified atom stereocenters. The summed E-state index contributed by atoms with van der Waals surface area (Å²) in [5, 5.41) is 3.58. The van der Waals surface area contributed by atoms with Gasteiger partial charge in [-0.2, -0.15) is 0 Å². The van der Waals surface area contributed by atoms with Gasteiger partial charge >= 0.3 is 0 Å². The minimum Gasteiger partial charge on any atom is -0.471 e. The minimum atomic E-state index is -0.657. The molecule has 190 valence electrons. The van der Waals surface area contributed by atoms with Crippen LogP contribution in [-0.4, -0.2) is 39.9 Å². The van der Waals surface area contributed by atoms with E-state index in [1.165, 1.54) is 25.3 Å². The van der Waals surface area contributed by atoms with E-state index >= 15 is 0 Å². The first-order valence-corrected chi connectivity index (χ1v) is 11.4. The van der Waals surface area contributed by atoms with Crippen molar-refractivity contribution in [1.29, 1.82) is 0 Å².